The Morgan fingerprint density at radius 3 is 2.76 bits per heavy atom. The third-order valence-corrected chi connectivity index (χ3v) is 3.68. The van der Waals surface area contributed by atoms with Gasteiger partial charge in [0.1, 0.15) is 18.9 Å². The molecule has 136 valence electrons. The number of hydrogen-bond acceptors (Lipinski definition) is 6. The largest absolute Gasteiger partial charge is 0.482 e. The molecule has 0 N–H and O–H groups in total. The number of carbonyl (C=O) groups is 3. The second-order valence-electron chi connectivity index (χ2n) is 5.54. The molecule has 0 saturated heterocycles. The van der Waals surface area contributed by atoms with E-state index >= 15 is 0 Å². The van der Waals surface area contributed by atoms with Crippen LogP contribution < -0.4 is 9.64 Å². The van der Waals surface area contributed by atoms with Gasteiger partial charge in [0, 0.05) is 18.6 Å². The van der Waals surface area contributed by atoms with Crippen molar-refractivity contribution in [2.45, 2.75) is 26.7 Å². The lowest BCUT2D eigenvalue weighted by Gasteiger charge is -2.29. The molecule has 1 aromatic carbocycles. The fraction of sp³-hybridized carbons (Fsp3) is 0.500. The summed E-state index contributed by atoms with van der Waals surface area (Å²) in [4.78, 5) is 37.5. The van der Waals surface area contributed by atoms with Crippen molar-refractivity contribution in [2.75, 3.05) is 37.9 Å². The molecule has 7 heteroatoms. The van der Waals surface area contributed by atoms with Gasteiger partial charge in [-0.3, -0.25) is 19.3 Å². The number of ketones is 1. The van der Waals surface area contributed by atoms with E-state index in [0.29, 0.717) is 36.6 Å². The molecule has 0 spiro atoms. The highest BCUT2D eigenvalue weighted by molar-refractivity contribution is 6.04. The number of amides is 1. The molecule has 0 radical (unpaired) electrons. The monoisotopic (exact) mass is 349 g/mol. The number of carbonyl (C=O) groups excluding carboxylic acids is 3. The summed E-state index contributed by atoms with van der Waals surface area (Å²) in [5.41, 5.74) is 0.911. The third-order valence-electron chi connectivity index (χ3n) is 3.68. The Hall–Kier alpha value is -2.41. The van der Waals surface area contributed by atoms with Crippen molar-refractivity contribution < 1.29 is 28.6 Å². The van der Waals surface area contributed by atoms with Crippen LogP contribution in [0.1, 0.15) is 37.0 Å². The Kier molecular flexibility index (Phi) is 6.94. The highest BCUT2D eigenvalue weighted by atomic mass is 16.6. The van der Waals surface area contributed by atoms with Crippen molar-refractivity contribution in [3.8, 4) is 5.75 Å². The summed E-state index contributed by atoms with van der Waals surface area (Å²) >= 11 is 0. The van der Waals surface area contributed by atoms with Crippen LogP contribution in [0, 0.1) is 0 Å². The van der Waals surface area contributed by atoms with Gasteiger partial charge in [-0.15, -0.1) is 0 Å². The van der Waals surface area contributed by atoms with Gasteiger partial charge < -0.3 is 14.2 Å². The first kappa shape index (κ1) is 18.9. The molecule has 0 fully saturated rings. The van der Waals surface area contributed by atoms with Crippen molar-refractivity contribution >= 4 is 23.3 Å². The maximum atomic E-state index is 12.2. The molecule has 25 heavy (non-hydrogen) atoms. The molecule has 0 atom stereocenters. The average Bonchev–Trinajstić information content (AvgIpc) is 2.61. The maximum absolute atomic E-state index is 12.2. The SMILES string of the molecule is CCCC(=O)c1ccc2c(c1)N(CC(=O)OCCOCC)C(=O)CO2. The molecule has 2 rings (SSSR count). The van der Waals surface area contributed by atoms with Crippen molar-refractivity contribution in [2.24, 2.45) is 0 Å². The van der Waals surface area contributed by atoms with Crippen molar-refractivity contribution in [1.82, 2.24) is 0 Å². The lowest BCUT2D eigenvalue weighted by atomic mass is 10.0. The van der Waals surface area contributed by atoms with Gasteiger partial charge in [-0.05, 0) is 31.5 Å². The van der Waals surface area contributed by atoms with Crippen LogP contribution >= 0.6 is 0 Å². The number of nitrogens with zero attached hydrogens (tertiary/aromatic N) is 1. The minimum absolute atomic E-state index is 0.0115. The highest BCUT2D eigenvalue weighted by Gasteiger charge is 2.28. The minimum Gasteiger partial charge on any atom is -0.482 e. The van der Waals surface area contributed by atoms with Gasteiger partial charge >= 0.3 is 5.97 Å². The third kappa shape index (κ3) is 5.03. The minimum atomic E-state index is -0.536. The molecule has 1 aliphatic heterocycles. The number of hydrogen-bond donors (Lipinski definition) is 0. The lowest BCUT2D eigenvalue weighted by Crippen LogP contribution is -2.42. The predicted molar refractivity (Wildman–Crippen MR) is 91.0 cm³/mol. The zero-order valence-corrected chi connectivity index (χ0v) is 14.6. The van der Waals surface area contributed by atoms with Crippen LogP contribution in [0.5, 0.6) is 5.75 Å². The first-order valence-electron chi connectivity index (χ1n) is 8.40. The lowest BCUT2D eigenvalue weighted by molar-refractivity contribution is -0.144. The van der Waals surface area contributed by atoms with Gasteiger partial charge in [-0.2, -0.15) is 0 Å². The number of ether oxygens (including phenoxy) is 3. The first-order valence-corrected chi connectivity index (χ1v) is 8.40. The molecule has 1 aromatic rings. The summed E-state index contributed by atoms with van der Waals surface area (Å²) in [6, 6.07) is 4.92. The van der Waals surface area contributed by atoms with E-state index in [9.17, 15) is 14.4 Å². The molecular weight excluding hydrogens is 326 g/mol. The molecule has 0 unspecified atom stereocenters. The van der Waals surface area contributed by atoms with Gasteiger partial charge in [0.25, 0.3) is 5.91 Å². The van der Waals surface area contributed by atoms with Gasteiger partial charge in [-0.1, -0.05) is 6.92 Å². The molecule has 0 saturated carbocycles. The van der Waals surface area contributed by atoms with Crippen LogP contribution in [0.15, 0.2) is 18.2 Å². The summed E-state index contributed by atoms with van der Waals surface area (Å²) in [7, 11) is 0. The Morgan fingerprint density at radius 1 is 1.24 bits per heavy atom. The summed E-state index contributed by atoms with van der Waals surface area (Å²) in [6.45, 7) is 4.38. The molecular formula is C18H23NO6. The van der Waals surface area contributed by atoms with Crippen LogP contribution in [0.4, 0.5) is 5.69 Å². The van der Waals surface area contributed by atoms with Gasteiger partial charge in [0.15, 0.2) is 12.4 Å². The maximum Gasteiger partial charge on any atom is 0.326 e. The van der Waals surface area contributed by atoms with Gasteiger partial charge in [-0.25, -0.2) is 0 Å². The number of benzene rings is 1. The molecule has 0 aromatic heterocycles. The van der Waals surface area contributed by atoms with E-state index in [1.165, 1.54) is 4.90 Å². The number of rotatable bonds is 9. The van der Waals surface area contributed by atoms with Crippen molar-refractivity contribution in [3.63, 3.8) is 0 Å². The molecule has 7 nitrogen and oxygen atoms in total. The number of esters is 1. The molecule has 1 aliphatic rings. The van der Waals surface area contributed by atoms with Crippen LogP contribution in [0.25, 0.3) is 0 Å². The highest BCUT2D eigenvalue weighted by Crippen LogP contribution is 2.33. The summed E-state index contributed by atoms with van der Waals surface area (Å²) in [5.74, 6) is -0.433. The Morgan fingerprint density at radius 2 is 2.04 bits per heavy atom. The molecule has 1 heterocycles. The zero-order valence-electron chi connectivity index (χ0n) is 14.6. The van der Waals surface area contributed by atoms with Crippen LogP contribution in [0.3, 0.4) is 0 Å². The second-order valence-corrected chi connectivity index (χ2v) is 5.54. The molecule has 1 amide bonds. The van der Waals surface area contributed by atoms with E-state index in [1.54, 1.807) is 18.2 Å². The number of anilines is 1. The van der Waals surface area contributed by atoms with Crippen LogP contribution in [-0.4, -0.2) is 50.6 Å². The fourth-order valence-corrected chi connectivity index (χ4v) is 2.45. The van der Waals surface area contributed by atoms with E-state index < -0.39 is 5.97 Å². The quantitative estimate of drug-likeness (QED) is 0.385. The van der Waals surface area contributed by atoms with Crippen LogP contribution in [0.2, 0.25) is 0 Å². The molecule has 0 aliphatic carbocycles. The Bertz CT molecular complexity index is 642. The van der Waals surface area contributed by atoms with E-state index in [4.69, 9.17) is 14.2 Å². The zero-order chi connectivity index (χ0) is 18.2. The van der Waals surface area contributed by atoms with E-state index in [-0.39, 0.29) is 31.4 Å². The van der Waals surface area contributed by atoms with E-state index in [2.05, 4.69) is 0 Å². The summed E-state index contributed by atoms with van der Waals surface area (Å²) in [5, 5.41) is 0. The van der Waals surface area contributed by atoms with Gasteiger partial charge in [0.05, 0.1) is 12.3 Å². The summed E-state index contributed by atoms with van der Waals surface area (Å²) in [6.07, 6.45) is 1.16. The summed E-state index contributed by atoms with van der Waals surface area (Å²) < 4.78 is 15.5. The topological polar surface area (TPSA) is 82.1 Å². The fourth-order valence-electron chi connectivity index (χ4n) is 2.45. The Labute approximate surface area is 146 Å². The second kappa shape index (κ2) is 9.17. The van der Waals surface area contributed by atoms with Gasteiger partial charge in [0.2, 0.25) is 0 Å². The van der Waals surface area contributed by atoms with Crippen molar-refractivity contribution in [3.05, 3.63) is 23.8 Å². The van der Waals surface area contributed by atoms with Crippen molar-refractivity contribution in [1.29, 1.82) is 0 Å². The smallest absolute Gasteiger partial charge is 0.326 e. The average molecular weight is 349 g/mol. The van der Waals surface area contributed by atoms with Crippen LogP contribution in [-0.2, 0) is 19.1 Å². The Balaban J connectivity index is 2.11. The number of fused-ring (bicyclic) bond motifs is 1. The first-order chi connectivity index (χ1) is 12.1. The van der Waals surface area contributed by atoms with E-state index in [0.717, 1.165) is 6.42 Å². The normalized spacial score (nSPS) is 13.2. The predicted octanol–water partition coefficient (Wildman–Crippen LogP) is 1.97. The standard InChI is InChI=1S/C18H23NO6/c1-3-5-15(20)13-6-7-16-14(10-13)19(17(21)12-25-16)11-18(22)24-9-8-23-4-2/h6-7,10H,3-5,8-9,11-12H2,1-2H3. The number of Topliss-reactive ketones (excluding diaryl/α,β-unsaturated/α-hetero) is 1. The molecule has 0 bridgehead atoms. The van der Waals surface area contributed by atoms with E-state index in [1.807, 2.05) is 13.8 Å².